The lowest BCUT2D eigenvalue weighted by molar-refractivity contribution is 0.273. The van der Waals surface area contributed by atoms with Crippen LogP contribution in [0.1, 0.15) is 17.4 Å². The van der Waals surface area contributed by atoms with Gasteiger partial charge in [-0.25, -0.2) is 0 Å². The lowest BCUT2D eigenvalue weighted by Crippen LogP contribution is -2.21. The fraction of sp³-hybridized carbons (Fsp3) is 0.375. The van der Waals surface area contributed by atoms with E-state index in [2.05, 4.69) is 46.0 Å². The van der Waals surface area contributed by atoms with Crippen molar-refractivity contribution in [1.82, 2.24) is 4.90 Å². The Hall–Kier alpha value is -1.04. The molecular formula is C16H20BrNO2S. The second kappa shape index (κ2) is 7.82. The highest BCUT2D eigenvalue weighted by Gasteiger charge is 2.09. The first-order valence-electron chi connectivity index (χ1n) is 6.83. The zero-order valence-corrected chi connectivity index (χ0v) is 15.0. The van der Waals surface area contributed by atoms with E-state index in [1.165, 1.54) is 14.2 Å². The van der Waals surface area contributed by atoms with Gasteiger partial charge in [-0.05, 0) is 52.3 Å². The summed E-state index contributed by atoms with van der Waals surface area (Å²) in [5.74, 6) is 1.55. The van der Waals surface area contributed by atoms with Crippen molar-refractivity contribution in [2.45, 2.75) is 20.0 Å². The topological polar surface area (TPSA) is 21.7 Å². The highest BCUT2D eigenvalue weighted by Crippen LogP contribution is 2.29. The smallest absolute Gasteiger partial charge is 0.161 e. The Labute approximate surface area is 138 Å². The van der Waals surface area contributed by atoms with Crippen molar-refractivity contribution < 1.29 is 9.47 Å². The number of thiophene rings is 1. The van der Waals surface area contributed by atoms with Gasteiger partial charge in [-0.1, -0.05) is 13.0 Å². The summed E-state index contributed by atoms with van der Waals surface area (Å²) in [4.78, 5) is 3.77. The minimum Gasteiger partial charge on any atom is -0.493 e. The van der Waals surface area contributed by atoms with E-state index in [4.69, 9.17) is 9.47 Å². The molecule has 1 aromatic heterocycles. The molecule has 5 heteroatoms. The molecule has 21 heavy (non-hydrogen) atoms. The summed E-state index contributed by atoms with van der Waals surface area (Å²) >= 11 is 5.30. The largest absolute Gasteiger partial charge is 0.493 e. The maximum atomic E-state index is 5.37. The molecule has 0 atom stereocenters. The van der Waals surface area contributed by atoms with E-state index in [1.807, 2.05) is 12.1 Å². The quantitative estimate of drug-likeness (QED) is 0.714. The molecule has 2 rings (SSSR count). The molecule has 0 aliphatic carbocycles. The van der Waals surface area contributed by atoms with E-state index in [9.17, 15) is 0 Å². The van der Waals surface area contributed by atoms with Crippen molar-refractivity contribution in [2.24, 2.45) is 0 Å². The number of hydrogen-bond donors (Lipinski definition) is 0. The van der Waals surface area contributed by atoms with E-state index >= 15 is 0 Å². The molecule has 1 heterocycles. The highest BCUT2D eigenvalue weighted by molar-refractivity contribution is 9.11. The van der Waals surface area contributed by atoms with Crippen LogP contribution in [-0.4, -0.2) is 25.7 Å². The zero-order valence-electron chi connectivity index (χ0n) is 12.6. The first-order chi connectivity index (χ1) is 10.2. The second-order valence-electron chi connectivity index (χ2n) is 4.70. The molecule has 0 aliphatic rings. The molecule has 0 aliphatic heterocycles. The van der Waals surface area contributed by atoms with Gasteiger partial charge in [-0.3, -0.25) is 4.90 Å². The van der Waals surface area contributed by atoms with Gasteiger partial charge in [0.2, 0.25) is 0 Å². The van der Waals surface area contributed by atoms with Gasteiger partial charge in [0.05, 0.1) is 18.0 Å². The molecule has 2 aromatic rings. The summed E-state index contributed by atoms with van der Waals surface area (Å²) in [6.07, 6.45) is 0. The molecule has 0 radical (unpaired) electrons. The SMILES string of the molecule is CCN(Cc1ccc(OC)c(OC)c1)Cc1ccc(Br)s1. The van der Waals surface area contributed by atoms with Crippen molar-refractivity contribution in [3.05, 3.63) is 44.6 Å². The monoisotopic (exact) mass is 369 g/mol. The Kier molecular flexibility index (Phi) is 6.08. The lowest BCUT2D eigenvalue weighted by Gasteiger charge is -2.20. The van der Waals surface area contributed by atoms with E-state index < -0.39 is 0 Å². The summed E-state index contributed by atoms with van der Waals surface area (Å²) in [5, 5.41) is 0. The standard InChI is InChI=1S/C16H20BrNO2S/c1-4-18(11-13-6-8-16(17)21-13)10-12-5-7-14(19-2)15(9-12)20-3/h5-9H,4,10-11H2,1-3H3. The van der Waals surface area contributed by atoms with Crippen molar-refractivity contribution in [3.63, 3.8) is 0 Å². The molecule has 0 N–H and O–H groups in total. The molecule has 0 saturated heterocycles. The maximum absolute atomic E-state index is 5.37. The van der Waals surface area contributed by atoms with E-state index in [0.717, 1.165) is 31.1 Å². The Morgan fingerprint density at radius 1 is 1.05 bits per heavy atom. The average Bonchev–Trinajstić information content (AvgIpc) is 2.91. The molecule has 0 spiro atoms. The van der Waals surface area contributed by atoms with Crippen molar-refractivity contribution in [3.8, 4) is 11.5 Å². The predicted octanol–water partition coefficient (Wildman–Crippen LogP) is 4.55. The van der Waals surface area contributed by atoms with Crippen LogP contribution >= 0.6 is 27.3 Å². The summed E-state index contributed by atoms with van der Waals surface area (Å²) < 4.78 is 11.8. The van der Waals surface area contributed by atoms with Gasteiger partial charge >= 0.3 is 0 Å². The van der Waals surface area contributed by atoms with Crippen LogP contribution in [0.3, 0.4) is 0 Å². The van der Waals surface area contributed by atoms with E-state index in [0.29, 0.717) is 0 Å². The Balaban J connectivity index is 2.07. The first-order valence-corrected chi connectivity index (χ1v) is 8.44. The van der Waals surface area contributed by atoms with Crippen LogP contribution in [0, 0.1) is 0 Å². The van der Waals surface area contributed by atoms with Crippen LogP contribution in [-0.2, 0) is 13.1 Å². The first kappa shape index (κ1) is 16.3. The number of methoxy groups -OCH3 is 2. The third-order valence-corrected chi connectivity index (χ3v) is 4.92. The summed E-state index contributed by atoms with van der Waals surface area (Å²) in [7, 11) is 3.33. The maximum Gasteiger partial charge on any atom is 0.161 e. The number of benzene rings is 1. The van der Waals surface area contributed by atoms with Crippen molar-refractivity contribution in [1.29, 1.82) is 0 Å². The molecular weight excluding hydrogens is 350 g/mol. The normalized spacial score (nSPS) is 10.9. The van der Waals surface area contributed by atoms with Crippen LogP contribution in [0.25, 0.3) is 0 Å². The van der Waals surface area contributed by atoms with Gasteiger partial charge in [0.25, 0.3) is 0 Å². The third kappa shape index (κ3) is 4.46. The van der Waals surface area contributed by atoms with Gasteiger partial charge in [-0.15, -0.1) is 11.3 Å². The van der Waals surface area contributed by atoms with Crippen molar-refractivity contribution >= 4 is 27.3 Å². The van der Waals surface area contributed by atoms with Gasteiger partial charge in [0.1, 0.15) is 0 Å². The minimum atomic E-state index is 0.770. The molecule has 0 fully saturated rings. The van der Waals surface area contributed by atoms with Gasteiger partial charge in [0, 0.05) is 18.0 Å². The zero-order chi connectivity index (χ0) is 15.2. The van der Waals surface area contributed by atoms with Gasteiger partial charge < -0.3 is 9.47 Å². The number of ether oxygens (including phenoxy) is 2. The van der Waals surface area contributed by atoms with Crippen LogP contribution in [0.15, 0.2) is 34.1 Å². The van der Waals surface area contributed by atoms with Gasteiger partial charge in [0.15, 0.2) is 11.5 Å². The van der Waals surface area contributed by atoms with E-state index in [-0.39, 0.29) is 0 Å². The predicted molar refractivity (Wildman–Crippen MR) is 91.4 cm³/mol. The fourth-order valence-corrected chi connectivity index (χ4v) is 3.70. The summed E-state index contributed by atoms with van der Waals surface area (Å²) in [5.41, 5.74) is 1.23. The Morgan fingerprint density at radius 2 is 1.81 bits per heavy atom. The minimum absolute atomic E-state index is 0.770. The van der Waals surface area contributed by atoms with E-state index in [1.54, 1.807) is 25.6 Å². The number of halogens is 1. The van der Waals surface area contributed by atoms with Crippen molar-refractivity contribution in [2.75, 3.05) is 20.8 Å². The summed E-state index contributed by atoms with van der Waals surface area (Å²) in [6.45, 7) is 5.04. The number of nitrogens with zero attached hydrogens (tertiary/aromatic N) is 1. The van der Waals surface area contributed by atoms with Gasteiger partial charge in [-0.2, -0.15) is 0 Å². The fourth-order valence-electron chi connectivity index (χ4n) is 2.17. The molecule has 0 amide bonds. The number of rotatable bonds is 7. The molecule has 1 aromatic carbocycles. The van der Waals surface area contributed by atoms with Crippen LogP contribution < -0.4 is 9.47 Å². The van der Waals surface area contributed by atoms with Crippen LogP contribution in [0.4, 0.5) is 0 Å². The number of hydrogen-bond acceptors (Lipinski definition) is 4. The average molecular weight is 370 g/mol. The highest BCUT2D eigenvalue weighted by atomic mass is 79.9. The Bertz CT molecular complexity index is 585. The molecule has 0 bridgehead atoms. The van der Waals surface area contributed by atoms with Crippen LogP contribution in [0.2, 0.25) is 0 Å². The molecule has 0 unspecified atom stereocenters. The van der Waals surface area contributed by atoms with Crippen LogP contribution in [0.5, 0.6) is 11.5 Å². The third-order valence-electron chi connectivity index (χ3n) is 3.31. The molecule has 0 saturated carbocycles. The molecule has 3 nitrogen and oxygen atoms in total. The molecule has 114 valence electrons. The second-order valence-corrected chi connectivity index (χ2v) is 7.25. The summed E-state index contributed by atoms with van der Waals surface area (Å²) in [6, 6.07) is 10.4. The Morgan fingerprint density at radius 3 is 2.38 bits per heavy atom. The lowest BCUT2D eigenvalue weighted by atomic mass is 10.2.